The number of aromatic nitrogens is 24. The van der Waals surface area contributed by atoms with Gasteiger partial charge in [-0.3, -0.25) is 19.6 Å². The summed E-state index contributed by atoms with van der Waals surface area (Å²) in [4.78, 5) is 53.5. The minimum Gasteiger partial charge on any atom is -0.432 e. The van der Waals surface area contributed by atoms with Crippen LogP contribution in [0.5, 0.6) is 5.75 Å². The van der Waals surface area contributed by atoms with E-state index in [1.165, 1.54) is 32.6 Å². The quantitative estimate of drug-likeness (QED) is 0.0640. The van der Waals surface area contributed by atoms with E-state index in [4.69, 9.17) is 65.4 Å². The Labute approximate surface area is 838 Å². The van der Waals surface area contributed by atoms with Gasteiger partial charge in [-0.05, 0) is 89.1 Å². The van der Waals surface area contributed by atoms with E-state index >= 15 is 0 Å². The predicted molar refractivity (Wildman–Crippen MR) is 525 cm³/mol. The SMILES string of the molecule is CC1(N2CCN(c3cc4c(cnn4-c4cnn(-c5ncc(C(F)(F)F)cn5)c4)cc3Cl)CC2)COC1.CC1(N2CCN(c3cc4c(cnn4-c4cnn(-c5ncc(F)c(C6CC6)n5)c4)cc3Cl)CC2)COC1.CC1(N2CCN(c3cc4c(cnn4-c4cnn(-c5ncc(OC(F)F)cn5)c4)cc3Cl)CC2)COC1.CN(C)c1nc(-n2cc(-n3ncc4cc(Cl)c(N5CCN(C6(C)COC6)CC5)cc43)cn2)ncc1F. The first-order valence-electron chi connectivity index (χ1n) is 47.0. The Bertz CT molecular complexity index is 7180. The third-order valence-electron chi connectivity index (χ3n) is 28.1. The maximum atomic E-state index is 14.1. The molecule has 0 atom stereocenters. The molecule has 0 radical (unpaired) electrons. The third kappa shape index (κ3) is 19.0. The smallest absolute Gasteiger partial charge is 0.419 e. The van der Waals surface area contributed by atoms with Crippen LogP contribution in [0.25, 0.3) is 90.2 Å². The minimum atomic E-state index is -4.50. The zero-order valence-electron chi connectivity index (χ0n) is 79.0. The van der Waals surface area contributed by atoms with Crippen LogP contribution in [0.2, 0.25) is 20.1 Å². The van der Waals surface area contributed by atoms with Crippen LogP contribution in [0.4, 0.5) is 59.3 Å². The molecule has 8 aliphatic heterocycles. The highest BCUT2D eigenvalue weighted by atomic mass is 35.5. The third-order valence-corrected chi connectivity index (χ3v) is 29.3. The molecule has 49 heteroatoms. The summed E-state index contributed by atoms with van der Waals surface area (Å²) in [5, 5.41) is 41.9. The summed E-state index contributed by atoms with van der Waals surface area (Å²) in [6, 6.07) is 16.0. The first-order chi connectivity index (χ1) is 69.4. The molecule has 750 valence electrons. The molecular weight excluding hydrogens is 1960 g/mol. The fraction of sp³-hybridized carbons (Fsp3) is 0.411. The van der Waals surface area contributed by atoms with Crippen molar-refractivity contribution in [3.63, 3.8) is 0 Å². The normalized spacial score (nSPS) is 18.7. The van der Waals surface area contributed by atoms with Crippen LogP contribution >= 0.6 is 46.4 Å². The summed E-state index contributed by atoms with van der Waals surface area (Å²) in [5.74, 6) is 0.278. The van der Waals surface area contributed by atoms with E-state index in [0.29, 0.717) is 38.1 Å². The molecule has 4 aromatic carbocycles. The van der Waals surface area contributed by atoms with Crippen LogP contribution in [-0.2, 0) is 25.1 Å². The number of hydrogen-bond acceptors (Lipinski definition) is 30. The van der Waals surface area contributed by atoms with E-state index in [1.54, 1.807) is 101 Å². The summed E-state index contributed by atoms with van der Waals surface area (Å²) < 4.78 is 130. The second-order valence-corrected chi connectivity index (χ2v) is 40.0. The zero-order valence-corrected chi connectivity index (χ0v) is 82.0. The van der Waals surface area contributed by atoms with Crippen molar-refractivity contribution in [3.05, 3.63) is 203 Å². The van der Waals surface area contributed by atoms with E-state index in [9.17, 15) is 30.7 Å². The van der Waals surface area contributed by atoms with Crippen LogP contribution in [0.1, 0.15) is 57.7 Å². The molecule has 25 rings (SSSR count). The van der Waals surface area contributed by atoms with Gasteiger partial charge >= 0.3 is 12.8 Å². The maximum absolute atomic E-state index is 14.1. The highest BCUT2D eigenvalue weighted by Crippen LogP contribution is 2.44. The van der Waals surface area contributed by atoms with Gasteiger partial charge in [-0.25, -0.2) is 81.1 Å². The van der Waals surface area contributed by atoms with Gasteiger partial charge in [-0.1, -0.05) is 46.4 Å². The second-order valence-electron chi connectivity index (χ2n) is 38.4. The van der Waals surface area contributed by atoms with Crippen LogP contribution in [0, 0.1) is 11.6 Å². The van der Waals surface area contributed by atoms with Gasteiger partial charge in [0.05, 0.1) is 250 Å². The van der Waals surface area contributed by atoms with Gasteiger partial charge in [0.25, 0.3) is 23.8 Å². The minimum absolute atomic E-state index is 0.0258. The Morgan fingerprint density at radius 3 is 0.924 bits per heavy atom. The van der Waals surface area contributed by atoms with Crippen molar-refractivity contribution in [2.45, 2.75) is 81.4 Å². The van der Waals surface area contributed by atoms with Crippen molar-refractivity contribution in [1.82, 2.24) is 138 Å². The first kappa shape index (κ1) is 95.9. The van der Waals surface area contributed by atoms with Crippen LogP contribution in [0.3, 0.4) is 0 Å². The summed E-state index contributed by atoms with van der Waals surface area (Å²) in [6.45, 7) is 27.0. The van der Waals surface area contributed by atoms with Crippen molar-refractivity contribution in [3.8, 4) is 52.3 Å². The highest BCUT2D eigenvalue weighted by Gasteiger charge is 2.46. The lowest BCUT2D eigenvalue weighted by atomic mass is 9.97. The van der Waals surface area contributed by atoms with Gasteiger partial charge in [0.1, 0.15) is 22.7 Å². The Morgan fingerprint density at radius 1 is 0.361 bits per heavy atom. The molecule has 0 spiro atoms. The van der Waals surface area contributed by atoms with Crippen molar-refractivity contribution >= 4 is 119 Å². The van der Waals surface area contributed by atoms with E-state index in [2.05, 4.69) is 170 Å². The summed E-state index contributed by atoms with van der Waals surface area (Å²) in [5.41, 5.74) is 10.4. The number of piperazine rings is 4. The monoisotopic (exact) mass is 2050 g/mol. The molecular formula is C95H98Cl4F7N33O5. The molecule has 12 aromatic heterocycles. The molecule has 0 unspecified atom stereocenters. The number of anilines is 5. The molecule has 9 fully saturated rings. The Hall–Kier alpha value is -12.9. The van der Waals surface area contributed by atoms with E-state index in [-0.39, 0.29) is 63.3 Å². The fourth-order valence-corrected chi connectivity index (χ4v) is 20.6. The molecule has 144 heavy (non-hydrogen) atoms. The first-order valence-corrected chi connectivity index (χ1v) is 48.5. The van der Waals surface area contributed by atoms with Crippen molar-refractivity contribution in [2.24, 2.45) is 0 Å². The van der Waals surface area contributed by atoms with Gasteiger partial charge in [-0.15, -0.1) is 0 Å². The maximum Gasteiger partial charge on any atom is 0.419 e. The molecule has 16 aromatic rings. The number of fused-ring (bicyclic) bond motifs is 4. The average Bonchev–Trinajstić information content (AvgIpc) is 1.56. The molecule has 0 N–H and O–H groups in total. The van der Waals surface area contributed by atoms with Crippen LogP contribution in [0.15, 0.2) is 160 Å². The second kappa shape index (κ2) is 38.6. The topological polar surface area (TPSA) is 321 Å². The number of ether oxygens (including phenoxy) is 5. The van der Waals surface area contributed by atoms with E-state index in [1.807, 2.05) is 45.9 Å². The Morgan fingerprint density at radius 2 is 0.646 bits per heavy atom. The molecule has 8 saturated heterocycles. The largest absolute Gasteiger partial charge is 0.432 e. The predicted octanol–water partition coefficient (Wildman–Crippen LogP) is 13.1. The van der Waals surface area contributed by atoms with Crippen LogP contribution in [-0.4, -0.2) is 338 Å². The van der Waals surface area contributed by atoms with Gasteiger partial charge < -0.3 is 48.2 Å². The van der Waals surface area contributed by atoms with Crippen molar-refractivity contribution in [2.75, 3.05) is 196 Å². The molecule has 20 heterocycles. The van der Waals surface area contributed by atoms with Crippen molar-refractivity contribution in [1.29, 1.82) is 0 Å². The van der Waals surface area contributed by atoms with Gasteiger partial charge in [0.2, 0.25) is 0 Å². The summed E-state index contributed by atoms with van der Waals surface area (Å²) in [7, 11) is 3.45. The van der Waals surface area contributed by atoms with Crippen LogP contribution < -0.4 is 29.2 Å². The van der Waals surface area contributed by atoms with E-state index in [0.717, 1.165) is 272 Å². The average molecular weight is 2060 g/mol. The molecule has 1 saturated carbocycles. The lowest BCUT2D eigenvalue weighted by molar-refractivity contribution is -0.138. The van der Waals surface area contributed by atoms with E-state index < -0.39 is 24.2 Å². The molecule has 38 nitrogen and oxygen atoms in total. The number of hydrogen-bond donors (Lipinski definition) is 0. The fourth-order valence-electron chi connectivity index (χ4n) is 19.4. The number of benzene rings is 4. The van der Waals surface area contributed by atoms with Gasteiger partial charge in [0, 0.05) is 159 Å². The standard InChI is InChI=1S/C25H26ClFN8O.C24H27ClFN9O.C23H22ClF3N8O.C23H23ClF2N8O2/c1-25(14-36-15-25)33-6-4-32(5-7-33)22-9-21-17(8-19(22)26)10-30-35(21)18-11-29-34(13-18)24-28-12-20(27)23(31-24)16-2-3-16;1-24(14-36-15-24)33-6-4-32(5-7-33)21-9-20-16(8-18(21)25)10-29-35(20)17-11-28-34(13-17)23-27-12-19(26)22(30-23)31(2)3;1-22(13-36-14-22)33-4-2-32(3-5-33)20-7-19-15(6-18(20)24)8-31-35(19)17-11-30-34(12-17)21-28-9-16(10-29-21)23(25,26)27;1-23(13-35-14-23)32-4-2-31(3-5-32)20-7-19-15(6-18(20)24)8-30-34(19)16-9-29-33(12-16)22-27-10-17(11-28-22)36-21(25)26/h8-13,16H,2-7,14-15H2,1H3;8-13H,4-7,14-15H2,1-3H3;6-12H,2-5,13-14H2,1H3;6-12,21H,2-5,13-14H2,1H3. The summed E-state index contributed by atoms with van der Waals surface area (Å²) in [6.07, 6.45) is 24.2. The molecule has 1 aliphatic carbocycles. The lowest BCUT2D eigenvalue weighted by Gasteiger charge is -2.50. The van der Waals surface area contributed by atoms with Gasteiger partial charge in [0.15, 0.2) is 23.2 Å². The summed E-state index contributed by atoms with van der Waals surface area (Å²) >= 11 is 26.8. The zero-order chi connectivity index (χ0) is 99.4. The Balaban J connectivity index is 0.000000110. The molecule has 9 aliphatic rings. The molecule has 0 amide bonds. The number of rotatable bonds is 20. The number of alkyl halides is 5. The van der Waals surface area contributed by atoms with Gasteiger partial charge in [-0.2, -0.15) is 67.7 Å². The Kier molecular flexibility index (Phi) is 25.7. The highest BCUT2D eigenvalue weighted by molar-refractivity contribution is 6.35. The number of halogens is 11. The lowest BCUT2D eigenvalue weighted by Crippen LogP contribution is -2.64. The van der Waals surface area contributed by atoms with Crippen molar-refractivity contribution < 1.29 is 54.4 Å². The number of nitrogens with zero attached hydrogens (tertiary/aromatic N) is 33. The molecule has 0 bridgehead atoms.